The monoisotopic (exact) mass is 1950 g/mol. The van der Waals surface area contributed by atoms with Crippen LogP contribution in [0.4, 0.5) is 25.8 Å². The summed E-state index contributed by atoms with van der Waals surface area (Å²) in [6, 6.07) is 23.3. The number of benzene rings is 5. The Balaban J connectivity index is 0.000000140. The van der Waals surface area contributed by atoms with E-state index in [1.54, 1.807) is 80.8 Å². The van der Waals surface area contributed by atoms with E-state index in [0.29, 0.717) is 154 Å². The van der Waals surface area contributed by atoms with Gasteiger partial charge in [-0.2, -0.15) is 14.0 Å². The van der Waals surface area contributed by atoms with Gasteiger partial charge in [0.15, 0.2) is 63.1 Å². The van der Waals surface area contributed by atoms with Crippen molar-refractivity contribution < 1.29 is 99.2 Å². The van der Waals surface area contributed by atoms with E-state index >= 15 is 0 Å². The van der Waals surface area contributed by atoms with E-state index in [1.165, 1.54) is 74.9 Å². The SMILES string of the molecule is COc1ccc(C(=O)Cc2c(Cl)cncc2Cl)c2c1OC1(CCCC1)O2.COc1ccc(C(=O)Nc2c(Cl)cncc2Cl)c2oc(C(=O)N3CCN(C)CC3)cc12.COc1ccc(C(=O)Nc2c(Cl)cncc2Cl)cc1OC1CCCC1.COc1ccc(C2(C#N)CCC(C(=O)O)CC2)c2c1OCCO2.O=C(Nc1c(Cl)cncc1Cl)c1ccc(OC(F)F)c(OCC2CC2)c1. The molecule has 4 N–H and O–H groups in total. The molecule has 690 valence electrons. The summed E-state index contributed by atoms with van der Waals surface area (Å²) in [7, 11) is 8.23. The summed E-state index contributed by atoms with van der Waals surface area (Å²) in [6.45, 7) is 1.04. The van der Waals surface area contributed by atoms with Crippen LogP contribution in [0.5, 0.6) is 63.2 Å². The molecule has 17 rings (SSSR count). The number of anilines is 3. The first kappa shape index (κ1) is 97.2. The van der Waals surface area contributed by atoms with E-state index in [-0.39, 0.29) is 112 Å². The number of ether oxygens (including phenoxy) is 11. The number of ketones is 1. The lowest BCUT2D eigenvalue weighted by Crippen LogP contribution is -2.47. The lowest BCUT2D eigenvalue weighted by molar-refractivity contribution is -0.143. The molecule has 3 aliphatic heterocycles. The number of rotatable bonds is 23. The molecule has 5 aromatic carbocycles. The van der Waals surface area contributed by atoms with Crippen LogP contribution in [0.15, 0.2) is 133 Å². The Kier molecular flexibility index (Phi) is 32.9. The average molecular weight is 1960 g/mol. The number of aromatic nitrogens is 4. The number of nitrogens with zero attached hydrogens (tertiary/aromatic N) is 7. The zero-order chi connectivity index (χ0) is 93.4. The number of fused-ring (bicyclic) bond motifs is 3. The molecule has 1 saturated heterocycles. The van der Waals surface area contributed by atoms with Crippen molar-refractivity contribution in [2.45, 2.75) is 120 Å². The molecule has 4 saturated carbocycles. The van der Waals surface area contributed by atoms with Gasteiger partial charge in [0.2, 0.25) is 11.5 Å². The molecular weight excluding hydrogens is 1870 g/mol. The van der Waals surface area contributed by atoms with Gasteiger partial charge in [0.1, 0.15) is 19.0 Å². The van der Waals surface area contributed by atoms with Crippen LogP contribution in [0, 0.1) is 23.2 Å². The van der Waals surface area contributed by atoms with Gasteiger partial charge < -0.3 is 87.4 Å². The maximum atomic E-state index is 13.0. The Bertz CT molecular complexity index is 5840. The molecule has 4 aliphatic carbocycles. The maximum absolute atomic E-state index is 13.0. The molecule has 39 heteroatoms. The van der Waals surface area contributed by atoms with Crippen molar-refractivity contribution in [3.63, 3.8) is 0 Å². The summed E-state index contributed by atoms with van der Waals surface area (Å²) in [5.41, 5.74) is 2.89. The van der Waals surface area contributed by atoms with Gasteiger partial charge in [-0.25, -0.2) is 0 Å². The Morgan fingerprint density at radius 2 is 1.02 bits per heavy atom. The number of carboxylic acids is 1. The number of pyridine rings is 4. The number of alkyl halides is 2. The maximum Gasteiger partial charge on any atom is 0.387 e. The molecule has 10 aromatic rings. The summed E-state index contributed by atoms with van der Waals surface area (Å²) in [6.07, 6.45) is 23.5. The number of amides is 4. The number of nitriles is 1. The number of methoxy groups -OCH3 is 4. The van der Waals surface area contributed by atoms with Crippen LogP contribution >= 0.6 is 92.8 Å². The van der Waals surface area contributed by atoms with Crippen LogP contribution in [0.2, 0.25) is 40.2 Å². The smallest absolute Gasteiger partial charge is 0.387 e. The van der Waals surface area contributed by atoms with Gasteiger partial charge in [-0.3, -0.25) is 48.7 Å². The van der Waals surface area contributed by atoms with E-state index in [2.05, 4.69) is 51.6 Å². The highest BCUT2D eigenvalue weighted by Crippen LogP contribution is 2.55. The second-order valence-electron chi connectivity index (χ2n) is 31.2. The highest BCUT2D eigenvalue weighted by molar-refractivity contribution is 6.41. The summed E-state index contributed by atoms with van der Waals surface area (Å²) in [4.78, 5) is 94.5. The van der Waals surface area contributed by atoms with Crippen LogP contribution in [0.3, 0.4) is 0 Å². The lowest BCUT2D eigenvalue weighted by Gasteiger charge is -2.36. The molecule has 8 heterocycles. The van der Waals surface area contributed by atoms with Crippen LogP contribution in [-0.2, 0) is 16.6 Å². The second kappa shape index (κ2) is 44.3. The lowest BCUT2D eigenvalue weighted by atomic mass is 9.67. The molecule has 5 fully saturated rings. The molecule has 29 nitrogen and oxygen atoms in total. The number of hydrogen-bond donors (Lipinski definition) is 4. The number of halogens is 10. The number of furan rings is 1. The van der Waals surface area contributed by atoms with Gasteiger partial charge in [0.25, 0.3) is 29.4 Å². The summed E-state index contributed by atoms with van der Waals surface area (Å²) < 4.78 is 92.1. The molecule has 4 amide bonds. The number of Topliss-reactive ketones (excluding diaryl/α,β-unsaturated/α-hetero) is 1. The van der Waals surface area contributed by atoms with E-state index in [0.717, 1.165) is 82.9 Å². The average Bonchev–Trinajstić information content (AvgIpc) is 1.64. The number of piperazine rings is 1. The highest BCUT2D eigenvalue weighted by Gasteiger charge is 2.48. The van der Waals surface area contributed by atoms with Crippen LogP contribution in [0.25, 0.3) is 11.0 Å². The highest BCUT2D eigenvalue weighted by atomic mass is 35.5. The third-order valence-electron chi connectivity index (χ3n) is 22.6. The predicted octanol–water partition coefficient (Wildman–Crippen LogP) is 21.2. The van der Waals surface area contributed by atoms with Gasteiger partial charge in [-0.15, -0.1) is 0 Å². The van der Waals surface area contributed by atoms with Crippen molar-refractivity contribution in [1.29, 1.82) is 5.26 Å². The molecule has 0 bridgehead atoms. The first-order valence-electron chi connectivity index (χ1n) is 41.5. The van der Waals surface area contributed by atoms with Crippen LogP contribution in [-0.4, -0.2) is 170 Å². The first-order valence-corrected chi connectivity index (χ1v) is 44.5. The number of nitrogens with one attached hydrogen (secondary N) is 3. The van der Waals surface area contributed by atoms with Crippen molar-refractivity contribution in [2.75, 3.05) is 97.4 Å². The number of hydrogen-bond acceptors (Lipinski definition) is 24. The van der Waals surface area contributed by atoms with E-state index in [1.807, 2.05) is 13.1 Å². The van der Waals surface area contributed by atoms with E-state index in [9.17, 15) is 42.8 Å². The molecule has 7 aliphatic rings. The third-order valence-corrected chi connectivity index (χ3v) is 25.0. The standard InChI is InChI=1S/C21H20Cl2N4O4.C19H17Cl2NO4.C18H18Cl2N2O3.C17H14Cl2F2N2O3.C17H19NO5/c1-26-5-7-27(8-6-26)21(29)17-9-13-16(30-2)4-3-12(19(13)31-17)20(28)25-18-14(22)10-24-11-15(18)23;1-24-16-5-4-11(15(23)8-12-13(20)9-22-10-14(12)21)17-18(16)26-19(25-17)6-2-3-7-19;1-24-15-7-6-11(8-16(15)25-12-4-2-3-5-12)18(23)22-17-13(19)9-21-10-14(17)20;18-11-6-22-7-12(19)15(11)23-16(24)10-3-4-13(26-17(20)21)14(5-10)25-8-9-1-2-9;1-21-13-3-2-12(14-15(13)23-9-8-22-14)17(10-18)6-4-11(5-7-17)16(19)20/h3-4,9-11H,5-8H2,1-2H3,(H,24,25,28);4-5,9-10H,2-3,6-8H2,1H3;6-10,12H,2-5H2,1H3,(H,21,22,23);3-7,9,17H,1-2,8H2,(H,22,23,24);2-3,11H,4-9H2,1H3,(H,19,20). The first-order chi connectivity index (χ1) is 63.0. The molecular formula is C92H88Cl8F2N10O19. The van der Waals surface area contributed by atoms with Crippen LogP contribution in [0.1, 0.15) is 153 Å². The molecule has 5 aromatic heterocycles. The van der Waals surface area contributed by atoms with Gasteiger partial charge in [0.05, 0.1) is 132 Å². The van der Waals surface area contributed by atoms with Gasteiger partial charge >= 0.3 is 12.6 Å². The number of carbonyl (C=O) groups excluding carboxylic acids is 5. The zero-order valence-electron chi connectivity index (χ0n) is 71.2. The number of likely N-dealkylation sites (N-methyl/N-ethyl adjacent to an activating group) is 1. The minimum absolute atomic E-state index is 0.0509. The normalized spacial score (nSPS) is 16.8. The van der Waals surface area contributed by atoms with Gasteiger partial charge in [-0.1, -0.05) is 92.8 Å². The van der Waals surface area contributed by atoms with Crippen molar-refractivity contribution in [3.05, 3.63) is 208 Å². The molecule has 0 radical (unpaired) electrons. The third kappa shape index (κ3) is 23.6. The fraction of sp³-hybridized carbons (Fsp3) is 0.359. The summed E-state index contributed by atoms with van der Waals surface area (Å²) in [5, 5.41) is 29.5. The quantitative estimate of drug-likeness (QED) is 0.0432. The molecule has 0 unspecified atom stereocenters. The summed E-state index contributed by atoms with van der Waals surface area (Å²) >= 11 is 48.6. The summed E-state index contributed by atoms with van der Waals surface area (Å²) in [5.74, 6) is 1.75. The topological polar surface area (TPSA) is 355 Å². The fourth-order valence-electron chi connectivity index (χ4n) is 15.4. The van der Waals surface area contributed by atoms with Crippen LogP contribution < -0.4 is 68.1 Å². The number of carboxylic acid groups (broad SMARTS) is 1. The number of aliphatic carboxylic acids is 1. The Labute approximate surface area is 791 Å². The molecule has 131 heavy (non-hydrogen) atoms. The minimum Gasteiger partial charge on any atom is -0.496 e. The van der Waals surface area contributed by atoms with E-state index in [4.69, 9.17) is 150 Å². The van der Waals surface area contributed by atoms with Crippen molar-refractivity contribution in [1.82, 2.24) is 29.7 Å². The Hall–Kier alpha value is -11.3. The zero-order valence-corrected chi connectivity index (χ0v) is 77.2. The molecule has 1 spiro atoms. The number of carbonyl (C=O) groups is 6. The Morgan fingerprint density at radius 1 is 0.534 bits per heavy atom. The second-order valence-corrected chi connectivity index (χ2v) is 34.5. The molecule has 0 atom stereocenters. The largest absolute Gasteiger partial charge is 0.496 e. The Morgan fingerprint density at radius 3 is 1.54 bits per heavy atom. The van der Waals surface area contributed by atoms with Crippen molar-refractivity contribution in [3.8, 4) is 69.3 Å². The van der Waals surface area contributed by atoms with Crippen molar-refractivity contribution >= 4 is 156 Å². The minimum atomic E-state index is -2.99. The van der Waals surface area contributed by atoms with Crippen molar-refractivity contribution in [2.24, 2.45) is 11.8 Å². The van der Waals surface area contributed by atoms with E-state index < -0.39 is 35.6 Å². The van der Waals surface area contributed by atoms with Gasteiger partial charge in [0, 0.05) is 123 Å². The fourth-order valence-corrected chi connectivity index (χ4v) is 17.2. The van der Waals surface area contributed by atoms with Gasteiger partial charge in [-0.05, 0) is 163 Å². The predicted molar refractivity (Wildman–Crippen MR) is 489 cm³/mol.